The Morgan fingerprint density at radius 1 is 1.18 bits per heavy atom. The van der Waals surface area contributed by atoms with Gasteiger partial charge in [0.1, 0.15) is 11.5 Å². The molecule has 2 aromatic rings. The van der Waals surface area contributed by atoms with E-state index in [9.17, 15) is 4.79 Å². The molecule has 2 fully saturated rings. The second-order valence-corrected chi connectivity index (χ2v) is 10.6. The van der Waals surface area contributed by atoms with Crippen LogP contribution in [0.15, 0.2) is 72.3 Å². The highest BCUT2D eigenvalue weighted by Crippen LogP contribution is 2.31. The lowest BCUT2D eigenvalue weighted by Crippen LogP contribution is -2.21. The van der Waals surface area contributed by atoms with Gasteiger partial charge >= 0.3 is 0 Å². The van der Waals surface area contributed by atoms with Crippen molar-refractivity contribution in [2.24, 2.45) is 11.8 Å². The molecule has 3 heterocycles. The van der Waals surface area contributed by atoms with Gasteiger partial charge in [-0.3, -0.25) is 9.78 Å². The summed E-state index contributed by atoms with van der Waals surface area (Å²) in [4.78, 5) is 13.5. The van der Waals surface area contributed by atoms with Gasteiger partial charge in [0.2, 0.25) is 6.41 Å². The molecule has 244 valence electrons. The Bertz CT molecular complexity index is 1070. The molecule has 0 radical (unpaired) electrons. The van der Waals surface area contributed by atoms with Crippen molar-refractivity contribution in [1.82, 2.24) is 15.6 Å². The Morgan fingerprint density at radius 2 is 1.93 bits per heavy atom. The number of ether oxygens (including phenoxy) is 2. The summed E-state index contributed by atoms with van der Waals surface area (Å²) in [5.41, 5.74) is 3.94. The molecule has 0 saturated carbocycles. The summed E-state index contributed by atoms with van der Waals surface area (Å²) in [5.74, 6) is 3.45. The van der Waals surface area contributed by atoms with Crippen LogP contribution in [0.5, 0.6) is 5.75 Å². The zero-order valence-corrected chi connectivity index (χ0v) is 28.5. The highest BCUT2D eigenvalue weighted by Gasteiger charge is 2.28. The third-order valence-electron chi connectivity index (χ3n) is 7.43. The number of hydrogen-bond donors (Lipinski definition) is 2. The number of carbonyl (C=O) groups is 1. The molecule has 6 heteroatoms. The molecule has 2 aliphatic rings. The van der Waals surface area contributed by atoms with Crippen molar-refractivity contribution in [2.45, 2.75) is 92.5 Å². The van der Waals surface area contributed by atoms with Gasteiger partial charge in [0.15, 0.2) is 0 Å². The Balaban J connectivity index is 0.000000840. The van der Waals surface area contributed by atoms with E-state index in [1.807, 2.05) is 45.2 Å². The van der Waals surface area contributed by atoms with Crippen LogP contribution in [0.25, 0.3) is 0 Å². The van der Waals surface area contributed by atoms with E-state index < -0.39 is 0 Å². The van der Waals surface area contributed by atoms with Crippen LogP contribution in [0.4, 0.5) is 0 Å². The van der Waals surface area contributed by atoms with Gasteiger partial charge in [0, 0.05) is 31.4 Å². The maximum absolute atomic E-state index is 9.57. The van der Waals surface area contributed by atoms with Crippen LogP contribution < -0.4 is 15.4 Å². The Hall–Kier alpha value is -3.56. The minimum absolute atomic E-state index is 0.605. The molecule has 3 atom stereocenters. The fourth-order valence-electron chi connectivity index (χ4n) is 5.08. The number of nitrogens with zero attached hydrogens (tertiary/aromatic N) is 1. The molecule has 1 amide bonds. The fourth-order valence-corrected chi connectivity index (χ4v) is 5.08. The fraction of sp³-hybridized carbons (Fsp3) is 0.526. The topological polar surface area (TPSA) is 72.5 Å². The highest BCUT2D eigenvalue weighted by molar-refractivity contribution is 5.45. The lowest BCUT2D eigenvalue weighted by Gasteiger charge is -2.16. The molecule has 6 nitrogen and oxygen atoms in total. The molecule has 1 aromatic heterocycles. The maximum atomic E-state index is 9.57. The van der Waals surface area contributed by atoms with Gasteiger partial charge in [-0.05, 0) is 99.2 Å². The number of aromatic nitrogens is 1. The summed E-state index contributed by atoms with van der Waals surface area (Å²) in [6, 6.07) is 13.0. The highest BCUT2D eigenvalue weighted by atomic mass is 16.5. The second kappa shape index (κ2) is 27.0. The number of amides is 1. The van der Waals surface area contributed by atoms with Crippen LogP contribution in [-0.4, -0.2) is 44.2 Å². The van der Waals surface area contributed by atoms with Crippen molar-refractivity contribution >= 4 is 6.41 Å². The van der Waals surface area contributed by atoms with Gasteiger partial charge in [-0.25, -0.2) is 0 Å². The lowest BCUT2D eigenvalue weighted by molar-refractivity contribution is -0.109. The first-order valence-corrected chi connectivity index (χ1v) is 16.2. The average Bonchev–Trinajstić information content (AvgIpc) is 3.74. The zero-order chi connectivity index (χ0) is 33.0. The van der Waals surface area contributed by atoms with E-state index in [1.165, 1.54) is 36.0 Å². The molecule has 2 aliphatic heterocycles. The van der Waals surface area contributed by atoms with E-state index >= 15 is 0 Å². The average molecular weight is 606 g/mol. The molecule has 1 aromatic carbocycles. The molecule has 0 bridgehead atoms. The first-order chi connectivity index (χ1) is 21.5. The Morgan fingerprint density at radius 3 is 2.52 bits per heavy atom. The summed E-state index contributed by atoms with van der Waals surface area (Å²) in [6.45, 7) is 15.3. The molecular formula is C38H59N3O3. The lowest BCUT2D eigenvalue weighted by atomic mass is 9.88. The number of carbonyl (C=O) groups excluding carboxylic acids is 1. The van der Waals surface area contributed by atoms with Gasteiger partial charge < -0.3 is 20.1 Å². The summed E-state index contributed by atoms with van der Waals surface area (Å²) >= 11 is 0. The van der Waals surface area contributed by atoms with Crippen molar-refractivity contribution in [3.05, 3.63) is 83.4 Å². The molecule has 2 N–H and O–H groups in total. The van der Waals surface area contributed by atoms with Crippen molar-refractivity contribution in [2.75, 3.05) is 26.8 Å². The van der Waals surface area contributed by atoms with E-state index in [4.69, 9.17) is 9.47 Å². The van der Waals surface area contributed by atoms with E-state index in [0.29, 0.717) is 12.0 Å². The summed E-state index contributed by atoms with van der Waals surface area (Å²) in [7, 11) is 1.76. The number of aryl methyl sites for hydroxylation is 2. The molecule has 0 aliphatic carbocycles. The van der Waals surface area contributed by atoms with Crippen LogP contribution in [0.2, 0.25) is 0 Å². The van der Waals surface area contributed by atoms with Crippen molar-refractivity contribution in [3.8, 4) is 18.6 Å². The number of methoxy groups -OCH3 is 1. The number of unbranched alkanes of at least 4 members (excludes halogenated alkanes) is 1. The number of hydrogen-bond acceptors (Lipinski definition) is 5. The number of para-hydroxylation sites is 1. The Kier molecular flexibility index (Phi) is 24.8. The smallest absolute Gasteiger partial charge is 0.207 e. The third-order valence-corrected chi connectivity index (χ3v) is 7.43. The van der Waals surface area contributed by atoms with Gasteiger partial charge in [0.25, 0.3) is 0 Å². The maximum Gasteiger partial charge on any atom is 0.207 e. The largest absolute Gasteiger partial charge is 0.496 e. The molecule has 4 rings (SSSR count). The number of nitrogens with one attached hydrogen (secondary N) is 2. The number of rotatable bonds is 11. The van der Waals surface area contributed by atoms with Gasteiger partial charge in [-0.2, -0.15) is 0 Å². The van der Waals surface area contributed by atoms with Crippen LogP contribution in [0.3, 0.4) is 0 Å². The van der Waals surface area contributed by atoms with Crippen LogP contribution in [0, 0.1) is 31.6 Å². The number of pyridine rings is 1. The molecular weight excluding hydrogens is 546 g/mol. The molecule has 0 spiro atoms. The first-order valence-electron chi connectivity index (χ1n) is 16.2. The van der Waals surface area contributed by atoms with Crippen LogP contribution >= 0.6 is 0 Å². The zero-order valence-electron chi connectivity index (χ0n) is 28.5. The second-order valence-electron chi connectivity index (χ2n) is 10.6. The standard InChI is InChI=1S/C23H33NO2.C6H7N.C5H11NO.C2H6.C2H2/c1-4-22-19(12-13-26-22)14-17(2)20-15-21(24-16-20)10-7-9-18-8-5-6-11-23(18)25-3;1-6-3-2-4-7-5-6;1-2-3-4-6-5-7;2*1-2/h4-6,8,11,14,17,20-21,24H,7,9-10,12-13,15-16H2,1-3H3;2-5H,1H3;5H,2-4H2,1H3,(H,6,7);1-2H3;1-2H/b19-14-,22-4+;;;;/t17?,20?,21-;;;;/m0..../s1. The van der Waals surface area contributed by atoms with Gasteiger partial charge in [-0.1, -0.05) is 64.5 Å². The monoisotopic (exact) mass is 605 g/mol. The minimum atomic E-state index is 0.605. The minimum Gasteiger partial charge on any atom is -0.496 e. The molecule has 2 unspecified atom stereocenters. The number of terminal acetylenes is 1. The van der Waals surface area contributed by atoms with Crippen molar-refractivity contribution < 1.29 is 14.3 Å². The van der Waals surface area contributed by atoms with E-state index in [-0.39, 0.29) is 0 Å². The van der Waals surface area contributed by atoms with Crippen LogP contribution in [-0.2, 0) is 16.0 Å². The van der Waals surface area contributed by atoms with Crippen molar-refractivity contribution in [3.63, 3.8) is 0 Å². The van der Waals surface area contributed by atoms with E-state index in [0.717, 1.165) is 69.2 Å². The van der Waals surface area contributed by atoms with Crippen LogP contribution in [0.1, 0.15) is 84.3 Å². The summed E-state index contributed by atoms with van der Waals surface area (Å²) < 4.78 is 11.1. The van der Waals surface area contributed by atoms with E-state index in [2.05, 4.69) is 79.6 Å². The molecule has 2 saturated heterocycles. The molecule has 44 heavy (non-hydrogen) atoms. The van der Waals surface area contributed by atoms with Gasteiger partial charge in [0.05, 0.1) is 13.7 Å². The van der Waals surface area contributed by atoms with Crippen molar-refractivity contribution in [1.29, 1.82) is 0 Å². The van der Waals surface area contributed by atoms with Gasteiger partial charge in [-0.15, -0.1) is 12.8 Å². The SMILES string of the molecule is C#C.C/C=C1/OCC/C1=C/C(C)C1CN[C@@H](CCCc2ccccc2OC)C1.CC.CCCCNC=O.Cc1cccnc1. The summed E-state index contributed by atoms with van der Waals surface area (Å²) in [5, 5.41) is 6.31. The third kappa shape index (κ3) is 16.9. The quantitative estimate of drug-likeness (QED) is 0.154. The summed E-state index contributed by atoms with van der Waals surface area (Å²) in [6.07, 6.45) is 25.0. The number of benzene rings is 1. The predicted octanol–water partition coefficient (Wildman–Crippen LogP) is 8.08. The normalized spacial score (nSPS) is 18.8. The Labute approximate surface area is 269 Å². The van der Waals surface area contributed by atoms with E-state index in [1.54, 1.807) is 13.3 Å². The number of allylic oxidation sites excluding steroid dienone is 3. The predicted molar refractivity (Wildman–Crippen MR) is 187 cm³/mol. The first kappa shape index (κ1) is 40.4.